The number of piperidine rings is 1. The number of hydrogen-bond acceptors (Lipinski definition) is 3. The van der Waals surface area contributed by atoms with Gasteiger partial charge in [0.15, 0.2) is 0 Å². The van der Waals surface area contributed by atoms with E-state index in [-0.39, 0.29) is 30.3 Å². The van der Waals surface area contributed by atoms with E-state index in [1.54, 1.807) is 0 Å². The Morgan fingerprint density at radius 2 is 1.78 bits per heavy atom. The van der Waals surface area contributed by atoms with E-state index in [1.165, 1.54) is 0 Å². The van der Waals surface area contributed by atoms with Crippen molar-refractivity contribution in [3.05, 3.63) is 0 Å². The van der Waals surface area contributed by atoms with E-state index in [1.807, 2.05) is 9.80 Å². The number of carbonyl (C=O) groups excluding carboxylic acids is 2. The van der Waals surface area contributed by atoms with Crippen LogP contribution in [0, 0.1) is 5.92 Å². The largest absolute Gasteiger partial charge is 0.343 e. The Kier molecular flexibility index (Phi) is 11.3. The van der Waals surface area contributed by atoms with Gasteiger partial charge in [-0.3, -0.25) is 9.59 Å². The number of likely N-dealkylation sites (tertiary alicyclic amines) is 1. The Morgan fingerprint density at radius 1 is 1.17 bits per heavy atom. The molecule has 0 aromatic heterocycles. The van der Waals surface area contributed by atoms with Crippen LogP contribution in [0.5, 0.6) is 0 Å². The summed E-state index contributed by atoms with van der Waals surface area (Å²) in [5.41, 5.74) is 5.81. The monoisotopic (exact) mass is 347 g/mol. The van der Waals surface area contributed by atoms with Gasteiger partial charge in [0.2, 0.25) is 11.8 Å². The SMILES string of the molecule is CCCN(CCC)C(=O)CCC(=O)N1CCC(C)CC1CN.Cl. The molecular weight excluding hydrogens is 314 g/mol. The average Bonchev–Trinajstić information content (AvgIpc) is 2.51. The molecule has 23 heavy (non-hydrogen) atoms. The summed E-state index contributed by atoms with van der Waals surface area (Å²) in [5.74, 6) is 0.819. The summed E-state index contributed by atoms with van der Waals surface area (Å²) in [7, 11) is 0. The maximum Gasteiger partial charge on any atom is 0.223 e. The van der Waals surface area contributed by atoms with E-state index in [9.17, 15) is 9.59 Å². The summed E-state index contributed by atoms with van der Waals surface area (Å²) in [6.07, 6.45) is 4.57. The van der Waals surface area contributed by atoms with E-state index in [4.69, 9.17) is 5.73 Å². The summed E-state index contributed by atoms with van der Waals surface area (Å²) in [4.78, 5) is 28.4. The van der Waals surface area contributed by atoms with Crippen molar-refractivity contribution in [3.8, 4) is 0 Å². The third-order valence-corrected chi connectivity index (χ3v) is 4.46. The first-order valence-corrected chi connectivity index (χ1v) is 8.80. The van der Waals surface area contributed by atoms with Crippen molar-refractivity contribution in [2.24, 2.45) is 11.7 Å². The van der Waals surface area contributed by atoms with Crippen LogP contribution in [0.1, 0.15) is 59.3 Å². The fraction of sp³-hybridized carbons (Fsp3) is 0.882. The highest BCUT2D eigenvalue weighted by atomic mass is 35.5. The molecule has 1 rings (SSSR count). The van der Waals surface area contributed by atoms with Crippen molar-refractivity contribution in [2.75, 3.05) is 26.2 Å². The van der Waals surface area contributed by atoms with Gasteiger partial charge >= 0.3 is 0 Å². The first-order chi connectivity index (χ1) is 10.5. The van der Waals surface area contributed by atoms with Crippen molar-refractivity contribution in [2.45, 2.75) is 65.3 Å². The summed E-state index contributed by atoms with van der Waals surface area (Å²) in [5, 5.41) is 0. The molecule has 2 atom stereocenters. The molecule has 0 aliphatic carbocycles. The molecule has 2 N–H and O–H groups in total. The molecular formula is C17H34ClN3O2. The molecule has 0 aromatic carbocycles. The van der Waals surface area contributed by atoms with Crippen LogP contribution in [-0.4, -0.2) is 53.8 Å². The third kappa shape index (κ3) is 7.08. The smallest absolute Gasteiger partial charge is 0.223 e. The van der Waals surface area contributed by atoms with E-state index in [0.29, 0.717) is 25.3 Å². The lowest BCUT2D eigenvalue weighted by atomic mass is 9.92. The van der Waals surface area contributed by atoms with Gasteiger partial charge in [0, 0.05) is 45.1 Å². The fourth-order valence-corrected chi connectivity index (χ4v) is 3.22. The highest BCUT2D eigenvalue weighted by Gasteiger charge is 2.29. The second-order valence-electron chi connectivity index (χ2n) is 6.49. The van der Waals surface area contributed by atoms with Gasteiger partial charge < -0.3 is 15.5 Å². The fourth-order valence-electron chi connectivity index (χ4n) is 3.22. The second-order valence-corrected chi connectivity index (χ2v) is 6.49. The maximum atomic E-state index is 12.4. The molecule has 0 saturated carbocycles. The van der Waals surface area contributed by atoms with Gasteiger partial charge in [-0.2, -0.15) is 0 Å². The number of hydrogen-bond donors (Lipinski definition) is 1. The van der Waals surface area contributed by atoms with Crippen LogP contribution in [0.3, 0.4) is 0 Å². The molecule has 0 spiro atoms. The first-order valence-electron chi connectivity index (χ1n) is 8.80. The van der Waals surface area contributed by atoms with Crippen LogP contribution < -0.4 is 5.73 Å². The number of carbonyl (C=O) groups is 2. The van der Waals surface area contributed by atoms with Gasteiger partial charge in [0.25, 0.3) is 0 Å². The number of rotatable bonds is 8. The lowest BCUT2D eigenvalue weighted by molar-refractivity contribution is -0.139. The summed E-state index contributed by atoms with van der Waals surface area (Å²) < 4.78 is 0. The molecule has 1 aliphatic rings. The summed E-state index contributed by atoms with van der Waals surface area (Å²) in [6, 6.07) is 0.147. The molecule has 2 unspecified atom stereocenters. The normalized spacial score (nSPS) is 20.8. The lowest BCUT2D eigenvalue weighted by Gasteiger charge is -2.38. The van der Waals surface area contributed by atoms with Crippen LogP contribution in [0.15, 0.2) is 0 Å². The Morgan fingerprint density at radius 3 is 2.30 bits per heavy atom. The minimum absolute atomic E-state index is 0. The van der Waals surface area contributed by atoms with Crippen LogP contribution in [-0.2, 0) is 9.59 Å². The minimum atomic E-state index is 0. The Balaban J connectivity index is 0.00000484. The predicted molar refractivity (Wildman–Crippen MR) is 96.6 cm³/mol. The molecule has 1 saturated heterocycles. The van der Waals surface area contributed by atoms with Crippen molar-refractivity contribution in [3.63, 3.8) is 0 Å². The molecule has 1 heterocycles. The molecule has 1 fully saturated rings. The van der Waals surface area contributed by atoms with Crippen LogP contribution in [0.4, 0.5) is 0 Å². The molecule has 6 heteroatoms. The van der Waals surface area contributed by atoms with E-state index in [0.717, 1.165) is 45.3 Å². The van der Waals surface area contributed by atoms with Gasteiger partial charge in [-0.25, -0.2) is 0 Å². The number of nitrogens with two attached hydrogens (primary N) is 1. The van der Waals surface area contributed by atoms with E-state index < -0.39 is 0 Å². The van der Waals surface area contributed by atoms with Gasteiger partial charge in [-0.15, -0.1) is 12.4 Å². The van der Waals surface area contributed by atoms with E-state index >= 15 is 0 Å². The third-order valence-electron chi connectivity index (χ3n) is 4.46. The van der Waals surface area contributed by atoms with Crippen LogP contribution in [0.2, 0.25) is 0 Å². The van der Waals surface area contributed by atoms with Gasteiger partial charge in [0.1, 0.15) is 0 Å². The molecule has 1 aliphatic heterocycles. The van der Waals surface area contributed by atoms with Crippen LogP contribution in [0.25, 0.3) is 0 Å². The number of nitrogens with zero attached hydrogens (tertiary/aromatic N) is 2. The Hall–Kier alpha value is -0.810. The number of amides is 2. The molecule has 0 bridgehead atoms. The molecule has 136 valence electrons. The maximum absolute atomic E-state index is 12.4. The first kappa shape index (κ1) is 22.2. The van der Waals surface area contributed by atoms with Crippen molar-refractivity contribution < 1.29 is 9.59 Å². The van der Waals surface area contributed by atoms with Crippen LogP contribution >= 0.6 is 12.4 Å². The van der Waals surface area contributed by atoms with Gasteiger partial charge in [0.05, 0.1) is 0 Å². The topological polar surface area (TPSA) is 66.6 Å². The van der Waals surface area contributed by atoms with Crippen molar-refractivity contribution in [1.29, 1.82) is 0 Å². The Labute approximate surface area is 147 Å². The second kappa shape index (κ2) is 11.7. The lowest BCUT2D eigenvalue weighted by Crippen LogP contribution is -2.49. The molecule has 2 amide bonds. The zero-order valence-electron chi connectivity index (χ0n) is 14.9. The van der Waals surface area contributed by atoms with Gasteiger partial charge in [-0.1, -0.05) is 20.8 Å². The summed E-state index contributed by atoms with van der Waals surface area (Å²) in [6.45, 7) is 9.22. The highest BCUT2D eigenvalue weighted by molar-refractivity contribution is 5.85. The predicted octanol–water partition coefficient (Wildman–Crippen LogP) is 2.42. The van der Waals surface area contributed by atoms with E-state index in [2.05, 4.69) is 20.8 Å². The number of halogens is 1. The zero-order chi connectivity index (χ0) is 16.5. The highest BCUT2D eigenvalue weighted by Crippen LogP contribution is 2.22. The van der Waals surface area contributed by atoms with Crippen molar-refractivity contribution in [1.82, 2.24) is 9.80 Å². The zero-order valence-corrected chi connectivity index (χ0v) is 15.7. The van der Waals surface area contributed by atoms with Crippen molar-refractivity contribution >= 4 is 24.2 Å². The Bertz CT molecular complexity index is 360. The van der Waals surface area contributed by atoms with Gasteiger partial charge in [-0.05, 0) is 31.6 Å². The molecule has 0 aromatic rings. The quantitative estimate of drug-likeness (QED) is 0.733. The molecule has 0 radical (unpaired) electrons. The standard InChI is InChI=1S/C17H33N3O2.ClH/c1-4-9-19(10-5-2)16(21)6-7-17(22)20-11-8-14(3)12-15(20)13-18;/h14-15H,4-13,18H2,1-3H3;1H. The average molecular weight is 348 g/mol. The molecule has 5 nitrogen and oxygen atoms in total. The summed E-state index contributed by atoms with van der Waals surface area (Å²) >= 11 is 0. The minimum Gasteiger partial charge on any atom is -0.343 e.